The molecule has 0 N–H and O–H groups in total. The highest BCUT2D eigenvalue weighted by atomic mass is 16.7. The van der Waals surface area contributed by atoms with Gasteiger partial charge in [0.1, 0.15) is 5.75 Å². The van der Waals surface area contributed by atoms with Gasteiger partial charge in [0.25, 0.3) is 0 Å². The molecule has 0 bridgehead atoms. The van der Waals surface area contributed by atoms with Crippen LogP contribution in [0.3, 0.4) is 0 Å². The molecule has 1 fully saturated rings. The fraction of sp³-hybridized carbons (Fsp3) is 0.409. The third-order valence-corrected chi connectivity index (χ3v) is 5.30. The second-order valence-corrected chi connectivity index (χ2v) is 7.73. The molecule has 28 heavy (non-hydrogen) atoms. The molecule has 0 amide bonds. The van der Waals surface area contributed by atoms with Crippen molar-refractivity contribution in [2.75, 3.05) is 6.61 Å². The minimum absolute atomic E-state index is 0.458. The molecule has 1 unspecified atom stereocenters. The number of hydrogen-bond donors (Lipinski definition) is 0. The van der Waals surface area contributed by atoms with Crippen molar-refractivity contribution >= 4 is 12.6 Å². The van der Waals surface area contributed by atoms with Crippen molar-refractivity contribution in [1.82, 2.24) is 0 Å². The van der Waals surface area contributed by atoms with Crippen LogP contribution in [-0.4, -0.2) is 24.9 Å². The summed E-state index contributed by atoms with van der Waals surface area (Å²) in [5.74, 6) is 0.514. The Kier molecular flexibility index (Phi) is 5.80. The first kappa shape index (κ1) is 20.4. The smallest absolute Gasteiger partial charge is 0.461 e. The van der Waals surface area contributed by atoms with E-state index in [4.69, 9.17) is 18.8 Å². The van der Waals surface area contributed by atoms with E-state index in [0.29, 0.717) is 23.4 Å². The maximum atomic E-state index is 9.67. The quantitative estimate of drug-likeness (QED) is 0.562. The van der Waals surface area contributed by atoms with Gasteiger partial charge in [-0.1, -0.05) is 36.4 Å². The topological polar surface area (TPSA) is 60.7 Å². The molecule has 3 rings (SSSR count). The SMILES string of the molecule is CCOC(Oc1cccc(C#N)c1B1OC(C)(C)C(C)(C)O1)c1ccccc1. The van der Waals surface area contributed by atoms with E-state index >= 15 is 0 Å². The van der Waals surface area contributed by atoms with Crippen LogP contribution in [0.5, 0.6) is 5.75 Å². The van der Waals surface area contributed by atoms with Gasteiger partial charge in [0.2, 0.25) is 6.29 Å². The summed E-state index contributed by atoms with van der Waals surface area (Å²) in [6.45, 7) is 10.3. The zero-order chi connectivity index (χ0) is 20.4. The van der Waals surface area contributed by atoms with Crippen molar-refractivity contribution in [2.24, 2.45) is 0 Å². The van der Waals surface area contributed by atoms with Gasteiger partial charge in [-0.2, -0.15) is 5.26 Å². The zero-order valence-electron chi connectivity index (χ0n) is 17.1. The van der Waals surface area contributed by atoms with Crippen molar-refractivity contribution < 1.29 is 18.8 Å². The number of nitrogens with zero attached hydrogens (tertiary/aromatic N) is 1. The summed E-state index contributed by atoms with van der Waals surface area (Å²) in [6.07, 6.45) is -0.596. The summed E-state index contributed by atoms with van der Waals surface area (Å²) in [7, 11) is -0.700. The van der Waals surface area contributed by atoms with Crippen LogP contribution in [0.1, 0.15) is 52.0 Å². The molecular weight excluding hydrogens is 353 g/mol. The summed E-state index contributed by atoms with van der Waals surface area (Å²) in [5, 5.41) is 9.67. The number of benzene rings is 2. The predicted molar refractivity (Wildman–Crippen MR) is 108 cm³/mol. The van der Waals surface area contributed by atoms with Gasteiger partial charge in [-0.25, -0.2) is 0 Å². The fourth-order valence-electron chi connectivity index (χ4n) is 3.02. The van der Waals surface area contributed by atoms with Gasteiger partial charge < -0.3 is 18.8 Å². The lowest BCUT2D eigenvalue weighted by Gasteiger charge is -2.32. The predicted octanol–water partition coefficient (Wildman–Crippen LogP) is 3.97. The highest BCUT2D eigenvalue weighted by molar-refractivity contribution is 6.64. The first-order valence-electron chi connectivity index (χ1n) is 9.51. The molecule has 146 valence electrons. The normalized spacial score (nSPS) is 18.5. The molecule has 2 aromatic carbocycles. The number of nitriles is 1. The van der Waals surface area contributed by atoms with E-state index in [1.165, 1.54) is 0 Å². The molecule has 1 aliphatic rings. The minimum Gasteiger partial charge on any atom is -0.461 e. The Morgan fingerprint density at radius 2 is 1.64 bits per heavy atom. The molecular formula is C22H26BNO4. The van der Waals surface area contributed by atoms with Crippen LogP contribution < -0.4 is 10.2 Å². The van der Waals surface area contributed by atoms with Gasteiger partial charge in [0.15, 0.2) is 0 Å². The van der Waals surface area contributed by atoms with Gasteiger partial charge in [0.05, 0.1) is 22.8 Å². The van der Waals surface area contributed by atoms with E-state index < -0.39 is 24.6 Å². The lowest BCUT2D eigenvalue weighted by atomic mass is 9.75. The van der Waals surface area contributed by atoms with E-state index in [1.807, 2.05) is 71.0 Å². The van der Waals surface area contributed by atoms with Gasteiger partial charge in [0, 0.05) is 17.6 Å². The summed E-state index contributed by atoms with van der Waals surface area (Å²) in [6, 6.07) is 17.3. The van der Waals surface area contributed by atoms with E-state index in [1.54, 1.807) is 12.1 Å². The highest BCUT2D eigenvalue weighted by Crippen LogP contribution is 2.38. The standard InChI is InChI=1S/C22H26BNO4/c1-6-25-20(16-11-8-7-9-12-16)26-18-14-10-13-17(15-24)19(18)23-27-21(2,3)22(4,5)28-23/h7-14,20H,6H2,1-5H3. The van der Waals surface area contributed by atoms with Crippen LogP contribution >= 0.6 is 0 Å². The summed E-state index contributed by atoms with van der Waals surface area (Å²) >= 11 is 0. The molecule has 5 nitrogen and oxygen atoms in total. The van der Waals surface area contributed by atoms with Gasteiger partial charge in [-0.05, 0) is 46.8 Å². The Labute approximate surface area is 167 Å². The molecule has 1 saturated heterocycles. The molecule has 1 heterocycles. The van der Waals surface area contributed by atoms with Gasteiger partial charge in [-0.3, -0.25) is 0 Å². The fourth-order valence-corrected chi connectivity index (χ4v) is 3.02. The van der Waals surface area contributed by atoms with Gasteiger partial charge in [-0.15, -0.1) is 0 Å². The molecule has 0 radical (unpaired) electrons. The molecule has 2 aromatic rings. The van der Waals surface area contributed by atoms with Crippen molar-refractivity contribution in [3.8, 4) is 11.8 Å². The maximum Gasteiger partial charge on any atom is 0.500 e. The van der Waals surface area contributed by atoms with Crippen molar-refractivity contribution in [3.63, 3.8) is 0 Å². The lowest BCUT2D eigenvalue weighted by Crippen LogP contribution is -2.41. The summed E-state index contributed by atoms with van der Waals surface area (Å²) in [4.78, 5) is 0. The zero-order valence-corrected chi connectivity index (χ0v) is 17.1. The van der Waals surface area contributed by atoms with Crippen LogP contribution in [0.4, 0.5) is 0 Å². The maximum absolute atomic E-state index is 9.67. The number of rotatable bonds is 6. The van der Waals surface area contributed by atoms with Crippen molar-refractivity contribution in [2.45, 2.75) is 52.1 Å². The third-order valence-electron chi connectivity index (χ3n) is 5.30. The van der Waals surface area contributed by atoms with Crippen LogP contribution in [0, 0.1) is 11.3 Å². The molecule has 0 spiro atoms. The van der Waals surface area contributed by atoms with Crippen LogP contribution in [-0.2, 0) is 14.0 Å². The Hall–Kier alpha value is -2.33. The van der Waals surface area contributed by atoms with E-state index in [-0.39, 0.29) is 0 Å². The second kappa shape index (κ2) is 7.96. The van der Waals surface area contributed by atoms with Crippen molar-refractivity contribution in [3.05, 3.63) is 59.7 Å². The molecule has 1 atom stereocenters. The van der Waals surface area contributed by atoms with Gasteiger partial charge >= 0.3 is 7.12 Å². The third kappa shape index (κ3) is 3.93. The molecule has 1 aliphatic heterocycles. The first-order chi connectivity index (χ1) is 13.3. The van der Waals surface area contributed by atoms with E-state index in [2.05, 4.69) is 6.07 Å². The lowest BCUT2D eigenvalue weighted by molar-refractivity contribution is -0.0781. The van der Waals surface area contributed by atoms with Crippen LogP contribution in [0.2, 0.25) is 0 Å². The highest BCUT2D eigenvalue weighted by Gasteiger charge is 2.53. The molecule has 0 aromatic heterocycles. The van der Waals surface area contributed by atoms with E-state index in [0.717, 1.165) is 5.56 Å². The van der Waals surface area contributed by atoms with Crippen LogP contribution in [0.15, 0.2) is 48.5 Å². The summed E-state index contributed by atoms with van der Waals surface area (Å²) < 4.78 is 24.4. The first-order valence-corrected chi connectivity index (χ1v) is 9.51. The Balaban J connectivity index is 2.00. The van der Waals surface area contributed by atoms with Crippen LogP contribution in [0.25, 0.3) is 0 Å². The minimum atomic E-state index is -0.700. The second-order valence-electron chi connectivity index (χ2n) is 7.73. The Bertz CT molecular complexity index is 845. The van der Waals surface area contributed by atoms with Crippen molar-refractivity contribution in [1.29, 1.82) is 5.26 Å². The average Bonchev–Trinajstić information content (AvgIpc) is 2.88. The number of ether oxygens (including phenoxy) is 2. The molecule has 0 aliphatic carbocycles. The molecule has 0 saturated carbocycles. The largest absolute Gasteiger partial charge is 0.500 e. The summed E-state index contributed by atoms with van der Waals surface area (Å²) in [5.41, 5.74) is 0.905. The number of hydrogen-bond acceptors (Lipinski definition) is 5. The average molecular weight is 379 g/mol. The molecule has 6 heteroatoms. The Morgan fingerprint density at radius 1 is 1.00 bits per heavy atom. The van der Waals surface area contributed by atoms with E-state index in [9.17, 15) is 5.26 Å². The Morgan fingerprint density at radius 3 is 2.21 bits per heavy atom. The monoisotopic (exact) mass is 379 g/mol.